The Kier molecular flexibility index (Phi) is 25.9. The molecule has 15 N–H and O–H groups in total. The Hall–Kier alpha value is -4.12. The molecule has 0 bridgehead atoms. The van der Waals surface area contributed by atoms with E-state index in [0.29, 0.717) is 56.9 Å². The molecule has 0 saturated carbocycles. The van der Waals surface area contributed by atoms with E-state index in [4.69, 9.17) is 33.2 Å². The normalized spacial score (nSPS) is 34.3. The number of carboxylic acid groups (broad SMARTS) is 1. The second-order valence-corrected chi connectivity index (χ2v) is 21.4. The Morgan fingerprint density at radius 2 is 1.40 bits per heavy atom. The molecule has 78 heavy (non-hydrogen) atoms. The lowest BCUT2D eigenvalue weighted by Crippen LogP contribution is -2.69. The number of carbonyl (C=O) groups is 7. The Bertz CT molecular complexity index is 1990. The molecule has 0 aromatic heterocycles. The van der Waals surface area contributed by atoms with Crippen LogP contribution in [0.5, 0.6) is 0 Å². The first-order valence-electron chi connectivity index (χ1n) is 26.5. The van der Waals surface area contributed by atoms with Crippen LogP contribution in [0.2, 0.25) is 0 Å². The smallest absolute Gasteiger partial charge is 0.364 e. The standard InChI is InChI=1S/C48H80N6O23S/c1-23(56)51-35-27(59)18-48(46(68)69,77-43(35)37(63)28(60)20-72-25(3)58)73-21-30-38(64)40(66)41(67)45(75-30)76-42-29(19-55)74-44(36(39(42)65)52-24(2)57)71-17-11-5-10-16-50-32(61)13-6-4-9-15-49-33(62)14-8-7-12-31-34-26(22-78-31)53-47(70)54-34/h26-31,34-45,55,59-60,63-67H,4-22H2,1-3H3,(H,49,62)(H,50,61)(H,51,56)(H,52,57)(H,68,69)(H2,53,54,70)/t26-,27-,28+,29+,30+,31-,34-,35+,36+,37+,38-,39+,40-,41+,42+,43+,44+,45-,48+/m0/s1. The van der Waals surface area contributed by atoms with E-state index in [0.717, 1.165) is 58.6 Å². The molecule has 0 aromatic rings. The summed E-state index contributed by atoms with van der Waals surface area (Å²) in [7, 11) is 0. The minimum absolute atomic E-state index is 0.00165. The number of hydrogen-bond acceptors (Lipinski definition) is 23. The molecule has 5 fully saturated rings. The summed E-state index contributed by atoms with van der Waals surface area (Å²) in [6.07, 6.45) is -17.6. The van der Waals surface area contributed by atoms with Crippen LogP contribution < -0.4 is 31.9 Å². The van der Waals surface area contributed by atoms with E-state index in [1.807, 2.05) is 11.8 Å². The molecule has 19 atom stereocenters. The maximum atomic E-state index is 12.8. The fraction of sp³-hybridized carbons (Fsp3) is 0.854. The molecular weight excluding hydrogens is 1060 g/mol. The van der Waals surface area contributed by atoms with E-state index in [1.165, 1.54) is 0 Å². The van der Waals surface area contributed by atoms with Crippen molar-refractivity contribution in [3.63, 3.8) is 0 Å². The molecule has 5 rings (SSSR count). The van der Waals surface area contributed by atoms with Crippen LogP contribution in [-0.2, 0) is 61.9 Å². The van der Waals surface area contributed by atoms with Crippen LogP contribution in [-0.4, -0.2) is 248 Å². The van der Waals surface area contributed by atoms with Gasteiger partial charge in [0.05, 0.1) is 37.4 Å². The van der Waals surface area contributed by atoms with Crippen LogP contribution in [0.1, 0.15) is 97.8 Å². The van der Waals surface area contributed by atoms with Gasteiger partial charge in [0.25, 0.3) is 5.79 Å². The van der Waals surface area contributed by atoms with Gasteiger partial charge in [0, 0.05) is 70.7 Å². The molecule has 6 amide bonds. The van der Waals surface area contributed by atoms with Gasteiger partial charge in [-0.2, -0.15) is 11.8 Å². The summed E-state index contributed by atoms with van der Waals surface area (Å²) in [5.74, 6) is -6.22. The molecule has 29 nitrogen and oxygen atoms in total. The van der Waals surface area contributed by atoms with E-state index in [9.17, 15) is 79.5 Å². The average molecular weight is 1140 g/mol. The number of urea groups is 1. The third-order valence-corrected chi connectivity index (χ3v) is 15.5. The summed E-state index contributed by atoms with van der Waals surface area (Å²) in [4.78, 5) is 84.7. The van der Waals surface area contributed by atoms with E-state index in [2.05, 4.69) is 31.9 Å². The lowest BCUT2D eigenvalue weighted by atomic mass is 9.88. The van der Waals surface area contributed by atoms with Crippen molar-refractivity contribution in [2.24, 2.45) is 0 Å². The molecule has 30 heteroatoms. The van der Waals surface area contributed by atoms with E-state index < -0.39 is 148 Å². The summed E-state index contributed by atoms with van der Waals surface area (Å²) in [6, 6.07) is -2.65. The van der Waals surface area contributed by atoms with Gasteiger partial charge in [-0.05, 0) is 44.9 Å². The predicted octanol–water partition coefficient (Wildman–Crippen LogP) is -4.80. The number of nitrogens with one attached hydrogen (secondary N) is 6. The number of aliphatic hydroxyl groups is 8. The van der Waals surface area contributed by atoms with Gasteiger partial charge >= 0.3 is 18.0 Å². The summed E-state index contributed by atoms with van der Waals surface area (Å²) < 4.78 is 39.4. The number of ether oxygens (including phenoxy) is 7. The number of amides is 6. The number of rotatable bonds is 31. The second kappa shape index (κ2) is 31.2. The number of thioether (sulfide) groups is 1. The largest absolute Gasteiger partial charge is 0.477 e. The number of esters is 1. The van der Waals surface area contributed by atoms with Crippen LogP contribution in [0.15, 0.2) is 0 Å². The van der Waals surface area contributed by atoms with Crippen molar-refractivity contribution in [1.82, 2.24) is 31.9 Å². The van der Waals surface area contributed by atoms with Crippen molar-refractivity contribution in [1.29, 1.82) is 0 Å². The lowest BCUT2D eigenvalue weighted by molar-refractivity contribution is -0.360. The maximum absolute atomic E-state index is 12.8. The van der Waals surface area contributed by atoms with Gasteiger partial charge in [0.1, 0.15) is 73.7 Å². The van der Waals surface area contributed by atoms with Gasteiger partial charge < -0.3 is 111 Å². The molecule has 0 radical (unpaired) electrons. The van der Waals surface area contributed by atoms with Gasteiger partial charge in [-0.1, -0.05) is 12.8 Å². The highest BCUT2D eigenvalue weighted by Crippen LogP contribution is 2.37. The minimum Gasteiger partial charge on any atom is -0.477 e. The van der Waals surface area contributed by atoms with Gasteiger partial charge in [-0.3, -0.25) is 24.0 Å². The van der Waals surface area contributed by atoms with Crippen molar-refractivity contribution in [3.8, 4) is 0 Å². The summed E-state index contributed by atoms with van der Waals surface area (Å²) in [5.41, 5.74) is 0. The molecule has 5 aliphatic heterocycles. The topological polar surface area (TPSA) is 438 Å². The van der Waals surface area contributed by atoms with Crippen molar-refractivity contribution in [3.05, 3.63) is 0 Å². The first kappa shape index (κ1) is 64.7. The highest BCUT2D eigenvalue weighted by atomic mass is 32.2. The number of aliphatic hydroxyl groups excluding tert-OH is 8. The Morgan fingerprint density at radius 3 is 2.03 bits per heavy atom. The van der Waals surface area contributed by atoms with Crippen molar-refractivity contribution in [2.75, 3.05) is 45.3 Å². The van der Waals surface area contributed by atoms with Gasteiger partial charge in [0.15, 0.2) is 12.6 Å². The van der Waals surface area contributed by atoms with Crippen LogP contribution in [0.25, 0.3) is 0 Å². The van der Waals surface area contributed by atoms with Crippen molar-refractivity contribution < 1.29 is 113 Å². The van der Waals surface area contributed by atoms with Gasteiger partial charge in [0.2, 0.25) is 23.6 Å². The third kappa shape index (κ3) is 18.5. The number of fused-ring (bicyclic) bond motifs is 1. The maximum Gasteiger partial charge on any atom is 0.364 e. The Labute approximate surface area is 454 Å². The van der Waals surface area contributed by atoms with Crippen molar-refractivity contribution in [2.45, 2.75) is 213 Å². The minimum atomic E-state index is -2.91. The number of carbonyl (C=O) groups excluding carboxylic acids is 6. The zero-order chi connectivity index (χ0) is 57.3. The van der Waals surface area contributed by atoms with Crippen LogP contribution in [0.4, 0.5) is 4.79 Å². The second-order valence-electron chi connectivity index (χ2n) is 20.2. The SMILES string of the molecule is CC(=O)N[C@H]1[C@H](OCCCCCNC(=O)CCCCCNC(=O)CCCC[C@@H]2SC[C@@H]3NC(=O)N[C@@H]32)O[C@H](CO)[C@@H](O[C@@H]2O[C@H](CO[C@]3(C(=O)O)C[C@H](O)[C@@H](NC(C)=O)[C@H]([C@H](O)[C@H](O)COC(C)=O)O3)[C@H](O)[C@H](O)[C@H]2O)[C@@H]1O. The summed E-state index contributed by atoms with van der Waals surface area (Å²) >= 11 is 1.86. The third-order valence-electron chi connectivity index (χ3n) is 14.0. The number of carboxylic acids is 1. The van der Waals surface area contributed by atoms with Crippen LogP contribution in [0, 0.1) is 0 Å². The fourth-order valence-electron chi connectivity index (χ4n) is 9.87. The summed E-state index contributed by atoms with van der Waals surface area (Å²) in [6.45, 7) is 1.59. The first-order chi connectivity index (χ1) is 37.0. The van der Waals surface area contributed by atoms with Crippen LogP contribution in [0.3, 0.4) is 0 Å². The number of hydrogen-bond donors (Lipinski definition) is 15. The van der Waals surface area contributed by atoms with Crippen LogP contribution >= 0.6 is 11.8 Å². The molecular formula is C48H80N6O23S. The summed E-state index contributed by atoms with van der Waals surface area (Å²) in [5, 5.41) is 115. The lowest BCUT2D eigenvalue weighted by Gasteiger charge is -2.48. The monoisotopic (exact) mass is 1140 g/mol. The average Bonchev–Trinajstić information content (AvgIpc) is 3.97. The highest BCUT2D eigenvalue weighted by molar-refractivity contribution is 8.00. The zero-order valence-corrected chi connectivity index (χ0v) is 44.8. The molecule has 0 aliphatic carbocycles. The van der Waals surface area contributed by atoms with Crippen molar-refractivity contribution >= 4 is 53.4 Å². The van der Waals surface area contributed by atoms with E-state index in [-0.39, 0.29) is 36.5 Å². The molecule has 0 aromatic carbocycles. The number of aliphatic carboxylic acids is 1. The van der Waals surface area contributed by atoms with E-state index in [1.54, 1.807) is 0 Å². The van der Waals surface area contributed by atoms with Gasteiger partial charge in [-0.15, -0.1) is 0 Å². The molecule has 5 saturated heterocycles. The zero-order valence-electron chi connectivity index (χ0n) is 44.0. The quantitative estimate of drug-likeness (QED) is 0.0176. The number of unbranched alkanes of at least 4 members (excludes halogenated alkanes) is 5. The molecule has 5 aliphatic rings. The molecule has 0 unspecified atom stereocenters. The fourth-order valence-corrected chi connectivity index (χ4v) is 11.4. The molecule has 5 heterocycles. The highest BCUT2D eigenvalue weighted by Gasteiger charge is 2.58. The molecule has 0 spiro atoms. The Balaban J connectivity index is 1.03. The first-order valence-corrected chi connectivity index (χ1v) is 27.5. The molecule has 446 valence electrons. The van der Waals surface area contributed by atoms with Gasteiger partial charge in [-0.25, -0.2) is 9.59 Å². The Morgan fingerprint density at radius 1 is 0.769 bits per heavy atom. The van der Waals surface area contributed by atoms with E-state index >= 15 is 0 Å². The predicted molar refractivity (Wildman–Crippen MR) is 267 cm³/mol.